The Morgan fingerprint density at radius 3 is 2.25 bits per heavy atom. The van der Waals surface area contributed by atoms with E-state index in [9.17, 15) is 0 Å². The zero-order chi connectivity index (χ0) is 9.41. The van der Waals surface area contributed by atoms with Gasteiger partial charge in [-0.1, -0.05) is 11.6 Å². The van der Waals surface area contributed by atoms with E-state index in [0.717, 1.165) is 13.0 Å². The van der Waals surface area contributed by atoms with Crippen LogP contribution in [0.25, 0.3) is 0 Å². The topological polar surface area (TPSA) is 38.0 Å². The Balaban J connectivity index is 2.81. The molecule has 3 N–H and O–H groups in total. The van der Waals surface area contributed by atoms with Gasteiger partial charge in [0.1, 0.15) is 0 Å². The minimum absolute atomic E-state index is 0.128. The average Bonchev–Trinajstić information content (AvgIpc) is 2.01. The van der Waals surface area contributed by atoms with Crippen LogP contribution in [0, 0.1) is 0 Å². The highest BCUT2D eigenvalue weighted by Crippen LogP contribution is 2.31. The van der Waals surface area contributed by atoms with Crippen molar-refractivity contribution in [1.29, 1.82) is 0 Å². The molecule has 0 spiro atoms. The maximum Gasteiger partial charge on any atom is 0.0345 e. The standard InChI is InChI=1S/C10H20N2/c1-9(2)7-8(5-6-11)10(3,4)12-9/h7,12H,5-6,11H2,1-4H3. The highest BCUT2D eigenvalue weighted by molar-refractivity contribution is 5.30. The van der Waals surface area contributed by atoms with Gasteiger partial charge in [-0.05, 0) is 40.7 Å². The number of hydrogen-bond acceptors (Lipinski definition) is 2. The molecule has 2 nitrogen and oxygen atoms in total. The Morgan fingerprint density at radius 2 is 1.92 bits per heavy atom. The fourth-order valence-corrected chi connectivity index (χ4v) is 2.08. The lowest BCUT2D eigenvalue weighted by Crippen LogP contribution is -2.45. The maximum atomic E-state index is 5.55. The van der Waals surface area contributed by atoms with Crippen LogP contribution >= 0.6 is 0 Å². The summed E-state index contributed by atoms with van der Waals surface area (Å²) in [6.07, 6.45) is 3.31. The second kappa shape index (κ2) is 2.86. The minimum Gasteiger partial charge on any atom is -0.330 e. The van der Waals surface area contributed by atoms with Gasteiger partial charge in [0.25, 0.3) is 0 Å². The Morgan fingerprint density at radius 1 is 1.33 bits per heavy atom. The van der Waals surface area contributed by atoms with Crippen molar-refractivity contribution in [2.45, 2.75) is 45.2 Å². The summed E-state index contributed by atoms with van der Waals surface area (Å²) in [6, 6.07) is 0. The van der Waals surface area contributed by atoms with E-state index in [-0.39, 0.29) is 11.1 Å². The molecule has 0 saturated heterocycles. The fraction of sp³-hybridized carbons (Fsp3) is 0.800. The first-order valence-corrected chi connectivity index (χ1v) is 4.59. The van der Waals surface area contributed by atoms with E-state index in [1.807, 2.05) is 0 Å². The number of rotatable bonds is 2. The van der Waals surface area contributed by atoms with Gasteiger partial charge >= 0.3 is 0 Å². The fourth-order valence-electron chi connectivity index (χ4n) is 2.08. The zero-order valence-electron chi connectivity index (χ0n) is 8.57. The van der Waals surface area contributed by atoms with Crippen LogP contribution in [0.1, 0.15) is 34.1 Å². The van der Waals surface area contributed by atoms with Gasteiger partial charge in [-0.25, -0.2) is 0 Å². The highest BCUT2D eigenvalue weighted by Gasteiger charge is 2.35. The van der Waals surface area contributed by atoms with Crippen molar-refractivity contribution >= 4 is 0 Å². The predicted molar refractivity (Wildman–Crippen MR) is 53.0 cm³/mol. The van der Waals surface area contributed by atoms with Gasteiger partial charge in [-0.15, -0.1) is 0 Å². The molecule has 0 saturated carbocycles. The van der Waals surface area contributed by atoms with E-state index in [2.05, 4.69) is 39.1 Å². The molecule has 0 amide bonds. The lowest BCUT2D eigenvalue weighted by atomic mass is 9.94. The third kappa shape index (κ3) is 1.87. The highest BCUT2D eigenvalue weighted by atomic mass is 15.1. The molecule has 70 valence electrons. The third-order valence-corrected chi connectivity index (χ3v) is 2.39. The Hall–Kier alpha value is -0.340. The molecular weight excluding hydrogens is 148 g/mol. The van der Waals surface area contributed by atoms with Crippen molar-refractivity contribution in [1.82, 2.24) is 5.32 Å². The lowest BCUT2D eigenvalue weighted by Gasteiger charge is -2.28. The summed E-state index contributed by atoms with van der Waals surface area (Å²) in [5.74, 6) is 0. The second-order valence-electron chi connectivity index (χ2n) is 4.68. The van der Waals surface area contributed by atoms with Crippen molar-refractivity contribution in [3.8, 4) is 0 Å². The van der Waals surface area contributed by atoms with Crippen molar-refractivity contribution in [3.63, 3.8) is 0 Å². The lowest BCUT2D eigenvalue weighted by molar-refractivity contribution is 0.383. The van der Waals surface area contributed by atoms with Gasteiger partial charge in [-0.3, -0.25) is 5.32 Å². The smallest absolute Gasteiger partial charge is 0.0345 e. The van der Waals surface area contributed by atoms with E-state index in [0.29, 0.717) is 0 Å². The molecule has 0 fully saturated rings. The normalized spacial score (nSPS) is 25.6. The number of hydrogen-bond donors (Lipinski definition) is 2. The van der Waals surface area contributed by atoms with Crippen LogP contribution in [0.4, 0.5) is 0 Å². The summed E-state index contributed by atoms with van der Waals surface area (Å²) in [4.78, 5) is 0. The average molecular weight is 168 g/mol. The molecule has 1 heterocycles. The van der Waals surface area contributed by atoms with Crippen LogP contribution in [0.5, 0.6) is 0 Å². The molecule has 0 unspecified atom stereocenters. The Bertz CT molecular complexity index is 202. The van der Waals surface area contributed by atoms with E-state index >= 15 is 0 Å². The molecule has 0 bridgehead atoms. The zero-order valence-corrected chi connectivity index (χ0v) is 8.57. The summed E-state index contributed by atoms with van der Waals surface area (Å²) in [5.41, 5.74) is 7.25. The van der Waals surface area contributed by atoms with Gasteiger partial charge in [0.05, 0.1) is 0 Å². The first-order chi connectivity index (χ1) is 5.37. The van der Waals surface area contributed by atoms with E-state index in [4.69, 9.17) is 5.73 Å². The first-order valence-electron chi connectivity index (χ1n) is 4.59. The first kappa shape index (κ1) is 9.75. The summed E-state index contributed by atoms with van der Waals surface area (Å²) in [5, 5.41) is 3.56. The molecule has 12 heavy (non-hydrogen) atoms. The van der Waals surface area contributed by atoms with Crippen LogP contribution in [0.2, 0.25) is 0 Å². The molecule has 2 heteroatoms. The molecule has 0 aliphatic carbocycles. The van der Waals surface area contributed by atoms with Crippen LogP contribution in [0.15, 0.2) is 11.6 Å². The quantitative estimate of drug-likeness (QED) is 0.612. The molecule has 0 atom stereocenters. The molecule has 1 aliphatic heterocycles. The molecule has 0 aromatic rings. The summed E-state index contributed by atoms with van der Waals surface area (Å²) < 4.78 is 0. The van der Waals surface area contributed by atoms with E-state index < -0.39 is 0 Å². The number of nitrogens with two attached hydrogens (primary N) is 1. The molecule has 1 rings (SSSR count). The predicted octanol–water partition coefficient (Wildman–Crippen LogP) is 1.42. The largest absolute Gasteiger partial charge is 0.330 e. The third-order valence-electron chi connectivity index (χ3n) is 2.39. The Kier molecular flexibility index (Phi) is 2.32. The summed E-state index contributed by atoms with van der Waals surface area (Å²) in [7, 11) is 0. The van der Waals surface area contributed by atoms with Gasteiger partial charge < -0.3 is 5.73 Å². The van der Waals surface area contributed by atoms with Crippen LogP contribution in [-0.4, -0.2) is 17.6 Å². The van der Waals surface area contributed by atoms with Gasteiger partial charge in [0.15, 0.2) is 0 Å². The van der Waals surface area contributed by atoms with Crippen LogP contribution in [-0.2, 0) is 0 Å². The second-order valence-corrected chi connectivity index (χ2v) is 4.68. The van der Waals surface area contributed by atoms with Crippen LogP contribution in [0.3, 0.4) is 0 Å². The SMILES string of the molecule is CC1(C)C=C(CCN)C(C)(C)N1. The van der Waals surface area contributed by atoms with E-state index in [1.165, 1.54) is 5.57 Å². The summed E-state index contributed by atoms with van der Waals surface area (Å²) >= 11 is 0. The molecular formula is C10H20N2. The minimum atomic E-state index is 0.128. The molecule has 0 radical (unpaired) electrons. The monoisotopic (exact) mass is 168 g/mol. The van der Waals surface area contributed by atoms with Gasteiger partial charge in [0.2, 0.25) is 0 Å². The van der Waals surface area contributed by atoms with Crippen molar-refractivity contribution in [3.05, 3.63) is 11.6 Å². The van der Waals surface area contributed by atoms with Crippen molar-refractivity contribution in [2.75, 3.05) is 6.54 Å². The van der Waals surface area contributed by atoms with Crippen molar-refractivity contribution < 1.29 is 0 Å². The summed E-state index contributed by atoms with van der Waals surface area (Å²) in [6.45, 7) is 9.55. The molecule has 0 aromatic carbocycles. The van der Waals surface area contributed by atoms with Gasteiger partial charge in [0, 0.05) is 11.1 Å². The Labute approximate surface area is 75.2 Å². The van der Waals surface area contributed by atoms with Gasteiger partial charge in [-0.2, -0.15) is 0 Å². The number of nitrogens with one attached hydrogen (secondary N) is 1. The molecule has 0 aromatic heterocycles. The van der Waals surface area contributed by atoms with Crippen molar-refractivity contribution in [2.24, 2.45) is 5.73 Å². The van der Waals surface area contributed by atoms with Crippen LogP contribution < -0.4 is 11.1 Å². The van der Waals surface area contributed by atoms with E-state index in [1.54, 1.807) is 0 Å². The molecule has 1 aliphatic rings. The maximum absolute atomic E-state index is 5.55.